The summed E-state index contributed by atoms with van der Waals surface area (Å²) in [6.07, 6.45) is 2.82. The Kier molecular flexibility index (Phi) is 4.70. The summed E-state index contributed by atoms with van der Waals surface area (Å²) in [6.45, 7) is 0.950. The van der Waals surface area contributed by atoms with Crippen LogP contribution in [-0.2, 0) is 10.0 Å². The molecule has 1 amide bonds. The molecule has 4 rings (SSSR count). The highest BCUT2D eigenvalue weighted by molar-refractivity contribution is 7.89. The van der Waals surface area contributed by atoms with Crippen LogP contribution in [-0.4, -0.2) is 59.7 Å². The minimum absolute atomic E-state index is 0.0683. The molecular weight excluding hydrogens is 378 g/mol. The van der Waals surface area contributed by atoms with Gasteiger partial charge in [-0.05, 0) is 22.9 Å². The maximum Gasteiger partial charge on any atom is 0.276 e. The zero-order valence-electron chi connectivity index (χ0n) is 15.0. The second kappa shape index (κ2) is 7.17. The molecule has 2 heterocycles. The molecule has 1 saturated heterocycles. The quantitative estimate of drug-likeness (QED) is 0.715. The first-order valence-corrected chi connectivity index (χ1v) is 10.3. The maximum absolute atomic E-state index is 13.0. The molecule has 0 atom stereocenters. The average Bonchev–Trinajstić information content (AvgIpc) is 2.73. The molecule has 1 fully saturated rings. The van der Waals surface area contributed by atoms with Crippen LogP contribution in [0.25, 0.3) is 10.8 Å². The van der Waals surface area contributed by atoms with Gasteiger partial charge < -0.3 is 10.6 Å². The molecule has 1 aliphatic heterocycles. The highest BCUT2D eigenvalue weighted by atomic mass is 32.2. The average molecular weight is 397 g/mol. The fraction of sp³-hybridized carbons (Fsp3) is 0.211. The van der Waals surface area contributed by atoms with E-state index in [0.29, 0.717) is 0 Å². The minimum atomic E-state index is -3.63. The lowest BCUT2D eigenvalue weighted by molar-refractivity contribution is 0.0692. The zero-order chi connectivity index (χ0) is 19.7. The van der Waals surface area contributed by atoms with Crippen molar-refractivity contribution in [2.24, 2.45) is 0 Å². The molecule has 0 bridgehead atoms. The summed E-state index contributed by atoms with van der Waals surface area (Å²) < 4.78 is 27.4. The fourth-order valence-corrected chi connectivity index (χ4v) is 4.73. The largest absolute Gasteiger partial charge is 0.382 e. The third-order valence-corrected chi connectivity index (χ3v) is 6.71. The van der Waals surface area contributed by atoms with E-state index in [1.54, 1.807) is 23.1 Å². The van der Waals surface area contributed by atoms with Crippen molar-refractivity contribution in [3.05, 3.63) is 60.6 Å². The summed E-state index contributed by atoms with van der Waals surface area (Å²) in [6, 6.07) is 12.7. The molecule has 1 aromatic heterocycles. The minimum Gasteiger partial charge on any atom is -0.382 e. The topological polar surface area (TPSA) is 109 Å². The summed E-state index contributed by atoms with van der Waals surface area (Å²) in [7, 11) is -3.63. The molecule has 8 nitrogen and oxygen atoms in total. The first-order valence-electron chi connectivity index (χ1n) is 8.81. The summed E-state index contributed by atoms with van der Waals surface area (Å²) in [4.78, 5) is 22.2. The van der Waals surface area contributed by atoms with Gasteiger partial charge in [-0.25, -0.2) is 18.4 Å². The van der Waals surface area contributed by atoms with E-state index in [1.807, 2.05) is 24.3 Å². The molecule has 0 aliphatic carbocycles. The van der Waals surface area contributed by atoms with E-state index < -0.39 is 10.0 Å². The third-order valence-electron chi connectivity index (χ3n) is 4.81. The second-order valence-corrected chi connectivity index (χ2v) is 8.43. The molecule has 2 aromatic carbocycles. The van der Waals surface area contributed by atoms with Crippen molar-refractivity contribution in [2.45, 2.75) is 4.90 Å². The summed E-state index contributed by atoms with van der Waals surface area (Å²) in [5.74, 6) is -0.271. The normalized spacial score (nSPS) is 15.6. The van der Waals surface area contributed by atoms with Crippen LogP contribution in [0.4, 0.5) is 5.82 Å². The van der Waals surface area contributed by atoms with Crippen molar-refractivity contribution in [2.75, 3.05) is 31.9 Å². The summed E-state index contributed by atoms with van der Waals surface area (Å²) in [5.41, 5.74) is 5.81. The number of benzene rings is 2. The monoisotopic (exact) mass is 397 g/mol. The van der Waals surface area contributed by atoms with E-state index in [-0.39, 0.29) is 48.5 Å². The predicted molar refractivity (Wildman–Crippen MR) is 105 cm³/mol. The molecule has 0 unspecified atom stereocenters. The van der Waals surface area contributed by atoms with Gasteiger partial charge in [0.2, 0.25) is 10.0 Å². The number of nitrogens with zero attached hydrogens (tertiary/aromatic N) is 4. The molecule has 2 N–H and O–H groups in total. The van der Waals surface area contributed by atoms with Gasteiger partial charge in [0.05, 0.1) is 4.90 Å². The molecule has 9 heteroatoms. The number of sulfonamides is 1. The van der Waals surface area contributed by atoms with Gasteiger partial charge >= 0.3 is 0 Å². The Morgan fingerprint density at radius 1 is 0.929 bits per heavy atom. The lowest BCUT2D eigenvalue weighted by Gasteiger charge is -2.33. The highest BCUT2D eigenvalue weighted by Gasteiger charge is 2.31. The van der Waals surface area contributed by atoms with Crippen LogP contribution >= 0.6 is 0 Å². The van der Waals surface area contributed by atoms with Gasteiger partial charge in [0, 0.05) is 38.6 Å². The Bertz CT molecular complexity index is 1140. The van der Waals surface area contributed by atoms with Gasteiger partial charge in [-0.15, -0.1) is 0 Å². The van der Waals surface area contributed by atoms with E-state index in [1.165, 1.54) is 16.7 Å². The van der Waals surface area contributed by atoms with Gasteiger partial charge in [-0.3, -0.25) is 4.79 Å². The zero-order valence-corrected chi connectivity index (χ0v) is 15.8. The van der Waals surface area contributed by atoms with Gasteiger partial charge in [0.15, 0.2) is 11.5 Å². The maximum atomic E-state index is 13.0. The smallest absolute Gasteiger partial charge is 0.276 e. The van der Waals surface area contributed by atoms with Crippen LogP contribution < -0.4 is 5.73 Å². The summed E-state index contributed by atoms with van der Waals surface area (Å²) >= 11 is 0. The highest BCUT2D eigenvalue weighted by Crippen LogP contribution is 2.23. The molecular formula is C19H19N5O3S. The standard InChI is InChI=1S/C19H19N5O3S/c20-18-17(21-7-8-22-18)19(25)23-9-11-24(12-10-23)28(26,27)16-6-5-14-3-1-2-4-15(14)13-16/h1-8,13H,9-12H2,(H2,20,22). The molecule has 0 spiro atoms. The van der Waals surface area contributed by atoms with E-state index in [9.17, 15) is 13.2 Å². The third kappa shape index (κ3) is 3.30. The van der Waals surface area contributed by atoms with E-state index in [0.717, 1.165) is 10.8 Å². The summed E-state index contributed by atoms with van der Waals surface area (Å²) in [5, 5.41) is 1.86. The number of piperazine rings is 1. The number of hydrogen-bond donors (Lipinski definition) is 1. The Balaban J connectivity index is 1.50. The van der Waals surface area contributed by atoms with Crippen LogP contribution in [0.3, 0.4) is 0 Å². The number of hydrogen-bond acceptors (Lipinski definition) is 6. The van der Waals surface area contributed by atoms with Crippen molar-refractivity contribution < 1.29 is 13.2 Å². The van der Waals surface area contributed by atoms with Crippen molar-refractivity contribution in [1.82, 2.24) is 19.2 Å². The SMILES string of the molecule is Nc1nccnc1C(=O)N1CCN(S(=O)(=O)c2ccc3ccccc3c2)CC1. The number of aromatic nitrogens is 2. The lowest BCUT2D eigenvalue weighted by Crippen LogP contribution is -2.50. The lowest BCUT2D eigenvalue weighted by atomic mass is 10.1. The van der Waals surface area contributed by atoms with Gasteiger partial charge in [-0.2, -0.15) is 4.31 Å². The number of nitrogen functional groups attached to an aromatic ring is 1. The second-order valence-electron chi connectivity index (χ2n) is 6.50. The fourth-order valence-electron chi connectivity index (χ4n) is 3.27. The number of nitrogens with two attached hydrogens (primary N) is 1. The van der Waals surface area contributed by atoms with Gasteiger partial charge in [0.1, 0.15) is 0 Å². The Morgan fingerprint density at radius 3 is 2.32 bits per heavy atom. The van der Waals surface area contributed by atoms with Crippen LogP contribution in [0.5, 0.6) is 0 Å². The number of carbonyl (C=O) groups excluding carboxylic acids is 1. The molecule has 144 valence electrons. The van der Waals surface area contributed by atoms with Crippen molar-refractivity contribution in [3.63, 3.8) is 0 Å². The Morgan fingerprint density at radius 2 is 1.61 bits per heavy atom. The van der Waals surface area contributed by atoms with E-state index in [4.69, 9.17) is 5.73 Å². The van der Waals surface area contributed by atoms with E-state index >= 15 is 0 Å². The number of rotatable bonds is 3. The predicted octanol–water partition coefficient (Wildman–Crippen LogP) is 1.36. The van der Waals surface area contributed by atoms with E-state index in [2.05, 4.69) is 9.97 Å². The number of fused-ring (bicyclic) bond motifs is 1. The number of anilines is 1. The van der Waals surface area contributed by atoms with Crippen molar-refractivity contribution in [1.29, 1.82) is 0 Å². The van der Waals surface area contributed by atoms with Crippen LogP contribution in [0.1, 0.15) is 10.5 Å². The molecule has 0 saturated carbocycles. The molecule has 0 radical (unpaired) electrons. The van der Waals surface area contributed by atoms with Crippen molar-refractivity contribution in [3.8, 4) is 0 Å². The van der Waals surface area contributed by atoms with Crippen molar-refractivity contribution >= 4 is 32.5 Å². The van der Waals surface area contributed by atoms with Crippen LogP contribution in [0.15, 0.2) is 59.8 Å². The molecule has 1 aliphatic rings. The van der Waals surface area contributed by atoms with Crippen LogP contribution in [0, 0.1) is 0 Å². The molecule has 28 heavy (non-hydrogen) atoms. The van der Waals surface area contributed by atoms with Crippen LogP contribution in [0.2, 0.25) is 0 Å². The van der Waals surface area contributed by atoms with Gasteiger partial charge in [-0.1, -0.05) is 30.3 Å². The number of amides is 1. The van der Waals surface area contributed by atoms with Gasteiger partial charge in [0.25, 0.3) is 5.91 Å². The Labute approximate surface area is 162 Å². The molecule has 3 aromatic rings. The number of carbonyl (C=O) groups is 1. The first-order chi connectivity index (χ1) is 13.5. The first kappa shape index (κ1) is 18.3. The Hall–Kier alpha value is -3.04.